The normalized spacial score (nSPS) is 16.8. The van der Waals surface area contributed by atoms with Crippen LogP contribution in [0, 0.1) is 5.92 Å². The number of piperidine rings is 1. The number of hydrogen-bond acceptors (Lipinski definition) is 4. The number of nitrogens with one attached hydrogen (secondary N) is 1. The highest BCUT2D eigenvalue weighted by molar-refractivity contribution is 7.98. The number of primary amides is 1. The van der Waals surface area contributed by atoms with E-state index in [2.05, 4.69) is 10.2 Å². The molecule has 5 nitrogen and oxygen atoms in total. The summed E-state index contributed by atoms with van der Waals surface area (Å²) in [4.78, 5) is 27.1. The van der Waals surface area contributed by atoms with Gasteiger partial charge in [-0.05, 0) is 68.2 Å². The highest BCUT2D eigenvalue weighted by Crippen LogP contribution is 2.32. The van der Waals surface area contributed by atoms with Crippen LogP contribution in [0.25, 0.3) is 0 Å². The molecule has 3 rings (SSSR count). The molecule has 1 heterocycles. The molecular formula is C23H27Cl2N3O2S. The lowest BCUT2D eigenvalue weighted by Gasteiger charge is -2.31. The molecule has 0 spiro atoms. The maximum Gasteiger partial charge on any atom is 0.251 e. The van der Waals surface area contributed by atoms with E-state index < -0.39 is 0 Å². The van der Waals surface area contributed by atoms with Gasteiger partial charge in [-0.15, -0.1) is 11.8 Å². The van der Waals surface area contributed by atoms with Gasteiger partial charge in [-0.1, -0.05) is 35.3 Å². The van der Waals surface area contributed by atoms with Gasteiger partial charge >= 0.3 is 0 Å². The van der Waals surface area contributed by atoms with Crippen molar-refractivity contribution in [3.05, 3.63) is 63.6 Å². The molecule has 1 aliphatic rings. The van der Waals surface area contributed by atoms with E-state index in [4.69, 9.17) is 28.9 Å². The molecule has 166 valence electrons. The van der Waals surface area contributed by atoms with Crippen LogP contribution in [0.2, 0.25) is 10.0 Å². The van der Waals surface area contributed by atoms with Crippen molar-refractivity contribution in [2.75, 3.05) is 26.2 Å². The zero-order valence-corrected chi connectivity index (χ0v) is 19.6. The van der Waals surface area contributed by atoms with E-state index in [-0.39, 0.29) is 17.7 Å². The summed E-state index contributed by atoms with van der Waals surface area (Å²) in [5.74, 6) is 0.345. The predicted octanol–water partition coefficient (Wildman–Crippen LogP) is 4.60. The van der Waals surface area contributed by atoms with E-state index in [1.54, 1.807) is 23.9 Å². The number of carbonyl (C=O) groups excluding carboxylic acids is 2. The molecule has 31 heavy (non-hydrogen) atoms. The molecular weight excluding hydrogens is 453 g/mol. The maximum absolute atomic E-state index is 12.5. The van der Waals surface area contributed by atoms with Crippen LogP contribution in [0.3, 0.4) is 0 Å². The third-order valence-electron chi connectivity index (χ3n) is 5.32. The van der Waals surface area contributed by atoms with Gasteiger partial charge in [0.05, 0.1) is 10.9 Å². The summed E-state index contributed by atoms with van der Waals surface area (Å²) in [7, 11) is 0. The van der Waals surface area contributed by atoms with Crippen LogP contribution in [0.1, 0.15) is 35.2 Å². The average Bonchev–Trinajstić information content (AvgIpc) is 2.77. The van der Waals surface area contributed by atoms with Crippen LogP contribution in [0.4, 0.5) is 0 Å². The Morgan fingerprint density at radius 3 is 2.84 bits per heavy atom. The summed E-state index contributed by atoms with van der Waals surface area (Å²) < 4.78 is 0. The minimum atomic E-state index is -0.214. The predicted molar refractivity (Wildman–Crippen MR) is 128 cm³/mol. The molecule has 1 atom stereocenters. The molecule has 2 aromatic carbocycles. The number of halogens is 2. The minimum absolute atomic E-state index is 0.0502. The second-order valence-corrected chi connectivity index (χ2v) is 9.58. The summed E-state index contributed by atoms with van der Waals surface area (Å²) in [5, 5.41) is 4.30. The summed E-state index contributed by atoms with van der Waals surface area (Å²) in [6.07, 6.45) is 2.70. The number of nitrogens with zero attached hydrogens (tertiary/aromatic N) is 1. The lowest BCUT2D eigenvalue weighted by Crippen LogP contribution is -2.42. The highest BCUT2D eigenvalue weighted by Gasteiger charge is 2.23. The zero-order valence-electron chi connectivity index (χ0n) is 17.3. The highest BCUT2D eigenvalue weighted by atomic mass is 35.5. The lowest BCUT2D eigenvalue weighted by atomic mass is 9.97. The smallest absolute Gasteiger partial charge is 0.251 e. The molecule has 2 amide bonds. The van der Waals surface area contributed by atoms with Gasteiger partial charge in [-0.25, -0.2) is 0 Å². The fourth-order valence-electron chi connectivity index (χ4n) is 3.65. The lowest BCUT2D eigenvalue weighted by molar-refractivity contribution is -0.123. The fraction of sp³-hybridized carbons (Fsp3) is 0.391. The first-order valence-electron chi connectivity index (χ1n) is 10.4. The van der Waals surface area contributed by atoms with Crippen LogP contribution in [0.5, 0.6) is 0 Å². The molecule has 0 saturated carbocycles. The van der Waals surface area contributed by atoms with Gasteiger partial charge in [-0.2, -0.15) is 0 Å². The molecule has 1 aliphatic heterocycles. The van der Waals surface area contributed by atoms with E-state index in [9.17, 15) is 9.59 Å². The minimum Gasteiger partial charge on any atom is -0.369 e. The van der Waals surface area contributed by atoms with Crippen molar-refractivity contribution >= 4 is 46.8 Å². The second kappa shape index (κ2) is 11.8. The Morgan fingerprint density at radius 2 is 2.03 bits per heavy atom. The Morgan fingerprint density at radius 1 is 1.19 bits per heavy atom. The van der Waals surface area contributed by atoms with Crippen molar-refractivity contribution < 1.29 is 9.59 Å². The Balaban J connectivity index is 1.44. The largest absolute Gasteiger partial charge is 0.369 e. The quantitative estimate of drug-likeness (QED) is 0.406. The summed E-state index contributed by atoms with van der Waals surface area (Å²) >= 11 is 13.9. The molecule has 1 unspecified atom stereocenters. The molecule has 2 aromatic rings. The van der Waals surface area contributed by atoms with Crippen molar-refractivity contribution in [1.29, 1.82) is 0 Å². The van der Waals surface area contributed by atoms with Crippen molar-refractivity contribution in [3.8, 4) is 0 Å². The van der Waals surface area contributed by atoms with Crippen LogP contribution in [0.15, 0.2) is 47.4 Å². The number of carbonyl (C=O) groups is 2. The number of hydrogen-bond donors (Lipinski definition) is 2. The van der Waals surface area contributed by atoms with Gasteiger partial charge in [0.25, 0.3) is 5.91 Å². The monoisotopic (exact) mass is 479 g/mol. The molecule has 3 N–H and O–H groups in total. The van der Waals surface area contributed by atoms with Gasteiger partial charge in [0.15, 0.2) is 0 Å². The van der Waals surface area contributed by atoms with E-state index in [1.807, 2.05) is 30.3 Å². The first kappa shape index (κ1) is 23.9. The Labute approximate surface area is 197 Å². The van der Waals surface area contributed by atoms with Crippen LogP contribution in [-0.4, -0.2) is 42.9 Å². The average molecular weight is 480 g/mol. The Kier molecular flexibility index (Phi) is 9.08. The van der Waals surface area contributed by atoms with E-state index in [0.29, 0.717) is 27.9 Å². The van der Waals surface area contributed by atoms with Crippen LogP contribution >= 0.6 is 35.0 Å². The van der Waals surface area contributed by atoms with Crippen molar-refractivity contribution in [2.24, 2.45) is 11.7 Å². The topological polar surface area (TPSA) is 75.4 Å². The zero-order chi connectivity index (χ0) is 22.2. The van der Waals surface area contributed by atoms with E-state index >= 15 is 0 Å². The van der Waals surface area contributed by atoms with Gasteiger partial charge in [0.2, 0.25) is 5.91 Å². The molecule has 0 radical (unpaired) electrons. The van der Waals surface area contributed by atoms with Gasteiger partial charge < -0.3 is 16.0 Å². The first-order valence-corrected chi connectivity index (χ1v) is 12.1. The van der Waals surface area contributed by atoms with Gasteiger partial charge in [0, 0.05) is 34.3 Å². The third kappa shape index (κ3) is 7.42. The number of nitrogens with two attached hydrogens (primary N) is 1. The van der Waals surface area contributed by atoms with Gasteiger partial charge in [0.1, 0.15) is 0 Å². The van der Waals surface area contributed by atoms with Crippen LogP contribution < -0.4 is 11.1 Å². The first-order chi connectivity index (χ1) is 14.9. The number of amides is 2. The van der Waals surface area contributed by atoms with E-state index in [1.165, 1.54) is 0 Å². The van der Waals surface area contributed by atoms with Crippen LogP contribution in [-0.2, 0) is 10.5 Å². The summed E-state index contributed by atoms with van der Waals surface area (Å²) in [6.45, 7) is 3.14. The summed E-state index contributed by atoms with van der Waals surface area (Å²) in [6, 6.07) is 13.0. The number of thioether (sulfide) groups is 1. The molecule has 1 fully saturated rings. The fourth-order valence-corrected chi connectivity index (χ4v) is 5.08. The standard InChI is InChI=1S/C23H27Cl2N3O2S/c24-19-7-8-20(25)21(13-19)31-15-16-4-1-5-17(12-16)23(30)27-9-3-11-28-10-2-6-18(14-28)22(26)29/h1,4-5,7-8,12-13,18H,2-3,6,9-11,14-15H2,(H2,26,29)(H,27,30). The number of likely N-dealkylation sites (tertiary alicyclic amines) is 1. The van der Waals surface area contributed by atoms with Gasteiger partial charge in [-0.3, -0.25) is 9.59 Å². The molecule has 0 bridgehead atoms. The molecule has 0 aliphatic carbocycles. The Hall–Kier alpha value is -1.73. The van der Waals surface area contributed by atoms with E-state index in [0.717, 1.165) is 49.4 Å². The molecule has 8 heteroatoms. The number of benzene rings is 2. The molecule has 1 saturated heterocycles. The van der Waals surface area contributed by atoms with Crippen molar-refractivity contribution in [3.63, 3.8) is 0 Å². The number of rotatable bonds is 9. The summed E-state index contributed by atoms with van der Waals surface area (Å²) in [5.41, 5.74) is 7.11. The molecule has 0 aromatic heterocycles. The maximum atomic E-state index is 12.5. The second-order valence-electron chi connectivity index (χ2n) is 7.72. The Bertz CT molecular complexity index is 925. The SMILES string of the molecule is NC(=O)C1CCCN(CCCNC(=O)c2cccc(CSc3cc(Cl)ccc3Cl)c2)C1. The van der Waals surface area contributed by atoms with Crippen molar-refractivity contribution in [2.45, 2.75) is 29.9 Å². The third-order valence-corrected chi connectivity index (χ3v) is 7.12. The van der Waals surface area contributed by atoms with Crippen molar-refractivity contribution in [1.82, 2.24) is 10.2 Å².